The molecule has 0 amide bonds. The summed E-state index contributed by atoms with van der Waals surface area (Å²) in [5, 5.41) is 2.11. The Kier molecular flexibility index (Phi) is 4.94. The Morgan fingerprint density at radius 1 is 1.29 bits per heavy atom. The third-order valence-corrected chi connectivity index (χ3v) is 2.87. The molecule has 1 aliphatic rings. The van der Waals surface area contributed by atoms with Crippen LogP contribution in [0.2, 0.25) is 0 Å². The first-order valence-corrected chi connectivity index (χ1v) is 6.10. The van der Waals surface area contributed by atoms with Crippen LogP contribution in [0.15, 0.2) is 30.3 Å². The van der Waals surface area contributed by atoms with E-state index in [1.165, 1.54) is 6.42 Å². The van der Waals surface area contributed by atoms with Crippen LogP contribution in [0, 0.1) is 0 Å². The van der Waals surface area contributed by atoms with E-state index in [-0.39, 0.29) is 0 Å². The minimum atomic E-state index is 0.365. The Bertz CT molecular complexity index is 318. The van der Waals surface area contributed by atoms with E-state index in [4.69, 9.17) is 9.78 Å². The Morgan fingerprint density at radius 2 is 2.12 bits per heavy atom. The van der Waals surface area contributed by atoms with Crippen LogP contribution in [0.4, 0.5) is 0 Å². The van der Waals surface area contributed by atoms with Gasteiger partial charge < -0.3 is 0 Å². The Hall–Kier alpha value is -0.940. The molecule has 1 aliphatic heterocycles. The standard InChI is InChI=1S/C13H20N2O2/c1-15-9-5-8-13(14-15)11-17-16-10-12-6-3-2-4-7-12/h2-4,6-7,13-14H,5,8-11H2,1H3. The third-order valence-electron chi connectivity index (χ3n) is 2.87. The van der Waals surface area contributed by atoms with Crippen molar-refractivity contribution in [2.24, 2.45) is 0 Å². The summed E-state index contributed by atoms with van der Waals surface area (Å²) in [6.45, 7) is 2.20. The molecule has 4 nitrogen and oxygen atoms in total. The smallest absolute Gasteiger partial charge is 0.107 e. The van der Waals surface area contributed by atoms with Crippen LogP contribution in [0.3, 0.4) is 0 Å². The van der Waals surface area contributed by atoms with Gasteiger partial charge in [-0.2, -0.15) is 0 Å². The van der Waals surface area contributed by atoms with Crippen molar-refractivity contribution in [3.8, 4) is 0 Å². The number of hydrazine groups is 1. The SMILES string of the molecule is CN1CCCC(COOCc2ccccc2)N1. The molecule has 0 aliphatic carbocycles. The van der Waals surface area contributed by atoms with Crippen molar-refractivity contribution in [1.82, 2.24) is 10.4 Å². The van der Waals surface area contributed by atoms with E-state index in [2.05, 4.69) is 17.5 Å². The zero-order valence-electron chi connectivity index (χ0n) is 10.3. The summed E-state index contributed by atoms with van der Waals surface area (Å²) >= 11 is 0. The van der Waals surface area contributed by atoms with Crippen molar-refractivity contribution < 1.29 is 9.78 Å². The largest absolute Gasteiger partial charge is 0.250 e. The maximum absolute atomic E-state index is 5.24. The first-order valence-electron chi connectivity index (χ1n) is 6.10. The molecule has 4 heteroatoms. The molecule has 0 spiro atoms. The van der Waals surface area contributed by atoms with E-state index in [1.54, 1.807) is 0 Å². The second kappa shape index (κ2) is 6.71. The predicted octanol–water partition coefficient (Wildman–Crippen LogP) is 1.73. The summed E-state index contributed by atoms with van der Waals surface area (Å²) in [4.78, 5) is 10.4. The summed E-state index contributed by atoms with van der Waals surface area (Å²) in [6.07, 6.45) is 2.34. The van der Waals surface area contributed by atoms with Crippen molar-refractivity contribution in [3.63, 3.8) is 0 Å². The molecular formula is C13H20N2O2. The molecule has 0 radical (unpaired) electrons. The molecule has 1 unspecified atom stereocenters. The molecule has 0 bridgehead atoms. The van der Waals surface area contributed by atoms with Crippen molar-refractivity contribution in [2.45, 2.75) is 25.5 Å². The van der Waals surface area contributed by atoms with Crippen molar-refractivity contribution in [3.05, 3.63) is 35.9 Å². The van der Waals surface area contributed by atoms with Crippen LogP contribution in [0.25, 0.3) is 0 Å². The molecule has 2 rings (SSSR count). The van der Waals surface area contributed by atoms with Gasteiger partial charge in [-0.3, -0.25) is 0 Å². The molecule has 1 heterocycles. The van der Waals surface area contributed by atoms with Crippen LogP contribution in [-0.2, 0) is 16.4 Å². The summed E-state index contributed by atoms with van der Waals surface area (Å²) in [5.41, 5.74) is 4.47. The number of benzene rings is 1. The van der Waals surface area contributed by atoms with E-state index in [0.717, 1.165) is 18.5 Å². The maximum atomic E-state index is 5.24. The second-order valence-corrected chi connectivity index (χ2v) is 4.42. The Labute approximate surface area is 102 Å². The number of nitrogens with zero attached hydrogens (tertiary/aromatic N) is 1. The van der Waals surface area contributed by atoms with Crippen LogP contribution in [0.1, 0.15) is 18.4 Å². The highest BCUT2D eigenvalue weighted by molar-refractivity contribution is 5.13. The van der Waals surface area contributed by atoms with Gasteiger partial charge in [0.15, 0.2) is 0 Å². The Balaban J connectivity index is 1.60. The van der Waals surface area contributed by atoms with Crippen LogP contribution >= 0.6 is 0 Å². The van der Waals surface area contributed by atoms with Gasteiger partial charge in [-0.15, -0.1) is 0 Å². The fraction of sp³-hybridized carbons (Fsp3) is 0.538. The minimum absolute atomic E-state index is 0.365. The van der Waals surface area contributed by atoms with Gasteiger partial charge in [-0.1, -0.05) is 30.3 Å². The predicted molar refractivity (Wildman–Crippen MR) is 66.0 cm³/mol. The molecule has 1 atom stereocenters. The first kappa shape index (κ1) is 12.5. The molecule has 1 fully saturated rings. The molecular weight excluding hydrogens is 216 g/mol. The number of nitrogens with one attached hydrogen (secondary N) is 1. The van der Waals surface area contributed by atoms with Gasteiger partial charge in [-0.05, 0) is 18.4 Å². The van der Waals surface area contributed by atoms with Gasteiger partial charge in [0.1, 0.15) is 6.61 Å². The lowest BCUT2D eigenvalue weighted by molar-refractivity contribution is -0.309. The highest BCUT2D eigenvalue weighted by atomic mass is 17.2. The second-order valence-electron chi connectivity index (χ2n) is 4.42. The average molecular weight is 236 g/mol. The van der Waals surface area contributed by atoms with Crippen LogP contribution < -0.4 is 5.43 Å². The molecule has 1 saturated heterocycles. The van der Waals surface area contributed by atoms with Gasteiger partial charge in [0.05, 0.1) is 6.61 Å². The zero-order chi connectivity index (χ0) is 11.9. The number of hydrogen-bond acceptors (Lipinski definition) is 4. The molecule has 17 heavy (non-hydrogen) atoms. The lowest BCUT2D eigenvalue weighted by atomic mass is 10.1. The lowest BCUT2D eigenvalue weighted by Gasteiger charge is -2.30. The van der Waals surface area contributed by atoms with Crippen molar-refractivity contribution in [1.29, 1.82) is 0 Å². The Morgan fingerprint density at radius 3 is 2.88 bits per heavy atom. The zero-order valence-corrected chi connectivity index (χ0v) is 10.3. The summed E-state index contributed by atoms with van der Waals surface area (Å²) < 4.78 is 0. The minimum Gasteiger partial charge on any atom is -0.250 e. The van der Waals surface area contributed by atoms with E-state index in [0.29, 0.717) is 19.3 Å². The number of rotatable bonds is 5. The lowest BCUT2D eigenvalue weighted by Crippen LogP contribution is -2.49. The van der Waals surface area contributed by atoms with Gasteiger partial charge >= 0.3 is 0 Å². The molecule has 0 saturated carbocycles. The molecule has 1 N–H and O–H groups in total. The quantitative estimate of drug-likeness (QED) is 0.479. The van der Waals surface area contributed by atoms with Gasteiger partial charge in [0, 0.05) is 19.6 Å². The maximum Gasteiger partial charge on any atom is 0.107 e. The monoisotopic (exact) mass is 236 g/mol. The van der Waals surface area contributed by atoms with E-state index in [1.807, 2.05) is 30.3 Å². The molecule has 1 aromatic carbocycles. The van der Waals surface area contributed by atoms with Gasteiger partial charge in [0.2, 0.25) is 0 Å². The fourth-order valence-electron chi connectivity index (χ4n) is 1.95. The highest BCUT2D eigenvalue weighted by Crippen LogP contribution is 2.07. The van der Waals surface area contributed by atoms with Crippen LogP contribution in [-0.4, -0.2) is 31.3 Å². The average Bonchev–Trinajstić information content (AvgIpc) is 2.36. The highest BCUT2D eigenvalue weighted by Gasteiger charge is 2.16. The summed E-state index contributed by atoms with van der Waals surface area (Å²) in [7, 11) is 2.05. The van der Waals surface area contributed by atoms with E-state index < -0.39 is 0 Å². The van der Waals surface area contributed by atoms with Crippen molar-refractivity contribution >= 4 is 0 Å². The van der Waals surface area contributed by atoms with E-state index in [9.17, 15) is 0 Å². The third kappa shape index (κ3) is 4.44. The molecule has 1 aromatic rings. The molecule has 0 aromatic heterocycles. The summed E-state index contributed by atoms with van der Waals surface area (Å²) in [5.74, 6) is 0. The fourth-order valence-corrected chi connectivity index (χ4v) is 1.95. The normalized spacial score (nSPS) is 21.6. The topological polar surface area (TPSA) is 33.7 Å². The van der Waals surface area contributed by atoms with E-state index >= 15 is 0 Å². The van der Waals surface area contributed by atoms with Gasteiger partial charge in [0.25, 0.3) is 0 Å². The number of hydrogen-bond donors (Lipinski definition) is 1. The van der Waals surface area contributed by atoms with Gasteiger partial charge in [-0.25, -0.2) is 20.2 Å². The van der Waals surface area contributed by atoms with Crippen molar-refractivity contribution in [2.75, 3.05) is 20.2 Å². The molecule has 94 valence electrons. The first-order chi connectivity index (χ1) is 8.34. The van der Waals surface area contributed by atoms with Crippen LogP contribution in [0.5, 0.6) is 0 Å². The summed E-state index contributed by atoms with van der Waals surface area (Å²) in [6, 6.07) is 10.4.